The van der Waals surface area contributed by atoms with E-state index in [9.17, 15) is 9.59 Å². The lowest BCUT2D eigenvalue weighted by atomic mass is 10.1. The van der Waals surface area contributed by atoms with Crippen LogP contribution >= 0.6 is 11.8 Å². The highest BCUT2D eigenvalue weighted by atomic mass is 32.2. The Kier molecular flexibility index (Phi) is 6.73. The molecular formula is C15H20O2S. The van der Waals surface area contributed by atoms with E-state index >= 15 is 0 Å². The van der Waals surface area contributed by atoms with Crippen LogP contribution in [0.1, 0.15) is 48.5 Å². The Balaban J connectivity index is 2.37. The largest absolute Gasteiger partial charge is 0.284 e. The van der Waals surface area contributed by atoms with Crippen LogP contribution in [0.2, 0.25) is 0 Å². The van der Waals surface area contributed by atoms with Crippen molar-refractivity contribution in [2.75, 3.05) is 5.75 Å². The Morgan fingerprint density at radius 2 is 1.72 bits per heavy atom. The van der Waals surface area contributed by atoms with E-state index in [1.165, 1.54) is 12.8 Å². The van der Waals surface area contributed by atoms with Crippen LogP contribution in [0.3, 0.4) is 0 Å². The Morgan fingerprint density at radius 3 is 2.33 bits per heavy atom. The SMILES string of the molecule is CCCCCCSC(=O)C(=O)c1ccc(C)cc1. The topological polar surface area (TPSA) is 34.1 Å². The van der Waals surface area contributed by atoms with Crippen molar-refractivity contribution >= 4 is 22.7 Å². The summed E-state index contributed by atoms with van der Waals surface area (Å²) in [7, 11) is 0. The molecular weight excluding hydrogens is 244 g/mol. The first kappa shape index (κ1) is 15.0. The summed E-state index contributed by atoms with van der Waals surface area (Å²) >= 11 is 1.15. The molecule has 1 rings (SSSR count). The third kappa shape index (κ3) is 5.05. The number of hydrogen-bond donors (Lipinski definition) is 0. The molecule has 1 aromatic rings. The second kappa shape index (κ2) is 8.09. The van der Waals surface area contributed by atoms with Gasteiger partial charge in [-0.2, -0.15) is 0 Å². The molecule has 0 N–H and O–H groups in total. The van der Waals surface area contributed by atoms with Crippen LogP contribution in [0.4, 0.5) is 0 Å². The summed E-state index contributed by atoms with van der Waals surface area (Å²) in [5.41, 5.74) is 1.58. The monoisotopic (exact) mass is 264 g/mol. The molecule has 0 saturated carbocycles. The minimum Gasteiger partial charge on any atom is -0.284 e. The standard InChI is InChI=1S/C15H20O2S/c1-3-4-5-6-11-18-15(17)14(16)13-9-7-12(2)8-10-13/h7-10H,3-6,11H2,1-2H3. The fourth-order valence-corrected chi connectivity index (χ4v) is 2.36. The normalized spacial score (nSPS) is 10.3. The van der Waals surface area contributed by atoms with Crippen molar-refractivity contribution in [2.24, 2.45) is 0 Å². The van der Waals surface area contributed by atoms with Gasteiger partial charge in [0.15, 0.2) is 0 Å². The minimum atomic E-state index is -0.379. The molecule has 0 amide bonds. The molecule has 0 radical (unpaired) electrons. The predicted molar refractivity (Wildman–Crippen MR) is 77.1 cm³/mol. The lowest BCUT2D eigenvalue weighted by Crippen LogP contribution is -2.10. The van der Waals surface area contributed by atoms with Crippen molar-refractivity contribution in [3.8, 4) is 0 Å². The lowest BCUT2D eigenvalue weighted by Gasteiger charge is -2.01. The first-order valence-corrected chi connectivity index (χ1v) is 7.42. The van der Waals surface area contributed by atoms with Crippen LogP contribution in [0, 0.1) is 6.92 Å². The van der Waals surface area contributed by atoms with Gasteiger partial charge in [0.2, 0.25) is 5.78 Å². The highest BCUT2D eigenvalue weighted by molar-refractivity contribution is 8.15. The third-order valence-electron chi connectivity index (χ3n) is 2.73. The highest BCUT2D eigenvalue weighted by Gasteiger charge is 2.15. The maximum Gasteiger partial charge on any atom is 0.259 e. The van der Waals surface area contributed by atoms with Crippen molar-refractivity contribution in [1.82, 2.24) is 0 Å². The predicted octanol–water partition coefficient (Wildman–Crippen LogP) is 4.02. The van der Waals surface area contributed by atoms with Crippen molar-refractivity contribution in [2.45, 2.75) is 39.5 Å². The van der Waals surface area contributed by atoms with E-state index in [0.29, 0.717) is 5.56 Å². The van der Waals surface area contributed by atoms with E-state index in [0.717, 1.165) is 35.9 Å². The van der Waals surface area contributed by atoms with Crippen LogP contribution < -0.4 is 0 Å². The number of hydrogen-bond acceptors (Lipinski definition) is 3. The van der Waals surface area contributed by atoms with Crippen molar-refractivity contribution in [3.05, 3.63) is 35.4 Å². The minimum absolute atomic E-state index is 0.338. The number of thioether (sulfide) groups is 1. The smallest absolute Gasteiger partial charge is 0.259 e. The van der Waals surface area contributed by atoms with E-state index in [2.05, 4.69) is 6.92 Å². The molecule has 0 fully saturated rings. The number of unbranched alkanes of at least 4 members (excludes halogenated alkanes) is 3. The second-order valence-corrected chi connectivity index (χ2v) is 5.46. The number of carbonyl (C=O) groups excluding carboxylic acids is 2. The zero-order valence-electron chi connectivity index (χ0n) is 11.1. The van der Waals surface area contributed by atoms with Gasteiger partial charge in [0.05, 0.1) is 0 Å². The number of carbonyl (C=O) groups is 2. The molecule has 0 spiro atoms. The second-order valence-electron chi connectivity index (χ2n) is 4.39. The average molecular weight is 264 g/mol. The summed E-state index contributed by atoms with van der Waals surface area (Å²) in [5, 5.41) is -0.338. The number of benzene rings is 1. The van der Waals surface area contributed by atoms with Gasteiger partial charge >= 0.3 is 0 Å². The van der Waals surface area contributed by atoms with Gasteiger partial charge in [-0.05, 0) is 13.3 Å². The third-order valence-corrected chi connectivity index (χ3v) is 3.67. The van der Waals surface area contributed by atoms with E-state index < -0.39 is 0 Å². The molecule has 0 saturated heterocycles. The van der Waals surface area contributed by atoms with Crippen molar-refractivity contribution in [1.29, 1.82) is 0 Å². The van der Waals surface area contributed by atoms with E-state index in [4.69, 9.17) is 0 Å². The maximum atomic E-state index is 11.8. The number of ketones is 1. The molecule has 0 unspecified atom stereocenters. The quantitative estimate of drug-likeness (QED) is 0.424. The van der Waals surface area contributed by atoms with Gasteiger partial charge in [-0.3, -0.25) is 9.59 Å². The summed E-state index contributed by atoms with van der Waals surface area (Å²) in [4.78, 5) is 23.5. The molecule has 0 bridgehead atoms. The van der Waals surface area contributed by atoms with Gasteiger partial charge in [-0.1, -0.05) is 67.8 Å². The van der Waals surface area contributed by atoms with E-state index in [1.807, 2.05) is 19.1 Å². The molecule has 2 nitrogen and oxygen atoms in total. The molecule has 0 atom stereocenters. The molecule has 0 aromatic heterocycles. The Bertz CT molecular complexity index is 395. The van der Waals surface area contributed by atoms with Gasteiger partial charge in [0, 0.05) is 11.3 Å². The first-order valence-electron chi connectivity index (χ1n) is 6.43. The van der Waals surface area contributed by atoms with Crippen LogP contribution in [-0.2, 0) is 4.79 Å². The molecule has 1 aromatic carbocycles. The Morgan fingerprint density at radius 1 is 1.06 bits per heavy atom. The maximum absolute atomic E-state index is 11.8. The first-order chi connectivity index (χ1) is 8.65. The zero-order valence-corrected chi connectivity index (χ0v) is 11.9. The molecule has 0 aliphatic rings. The molecule has 3 heteroatoms. The van der Waals surface area contributed by atoms with Crippen LogP contribution in [-0.4, -0.2) is 16.7 Å². The fourth-order valence-electron chi connectivity index (χ4n) is 1.58. The van der Waals surface area contributed by atoms with Crippen LogP contribution in [0.5, 0.6) is 0 Å². The fraction of sp³-hybridized carbons (Fsp3) is 0.467. The van der Waals surface area contributed by atoms with Gasteiger partial charge < -0.3 is 0 Å². The summed E-state index contributed by atoms with van der Waals surface area (Å²) in [6, 6.07) is 7.14. The van der Waals surface area contributed by atoms with Crippen molar-refractivity contribution < 1.29 is 9.59 Å². The van der Waals surface area contributed by atoms with E-state index in [1.54, 1.807) is 12.1 Å². The van der Waals surface area contributed by atoms with Gasteiger partial charge in [-0.25, -0.2) is 0 Å². The molecule has 98 valence electrons. The number of rotatable bonds is 7. The molecule has 18 heavy (non-hydrogen) atoms. The van der Waals surface area contributed by atoms with E-state index in [-0.39, 0.29) is 10.9 Å². The molecule has 0 heterocycles. The summed E-state index contributed by atoms with van der Waals surface area (Å²) in [6.45, 7) is 4.11. The Hall–Kier alpha value is -1.09. The summed E-state index contributed by atoms with van der Waals surface area (Å²) < 4.78 is 0. The molecule has 0 aliphatic carbocycles. The zero-order chi connectivity index (χ0) is 13.4. The molecule has 0 aliphatic heterocycles. The summed E-state index contributed by atoms with van der Waals surface area (Å²) in [6.07, 6.45) is 4.52. The number of aryl methyl sites for hydroxylation is 1. The van der Waals surface area contributed by atoms with Crippen LogP contribution in [0.15, 0.2) is 24.3 Å². The summed E-state index contributed by atoms with van der Waals surface area (Å²) in [5.74, 6) is 0.367. The lowest BCUT2D eigenvalue weighted by molar-refractivity contribution is -0.107. The Labute approximate surface area is 113 Å². The number of Topliss-reactive ketones (excluding diaryl/α,β-unsaturated/α-hetero) is 1. The van der Waals surface area contributed by atoms with Crippen molar-refractivity contribution in [3.63, 3.8) is 0 Å². The van der Waals surface area contributed by atoms with Gasteiger partial charge in [0.25, 0.3) is 5.12 Å². The van der Waals surface area contributed by atoms with Gasteiger partial charge in [-0.15, -0.1) is 0 Å². The average Bonchev–Trinajstić information content (AvgIpc) is 2.38. The highest BCUT2D eigenvalue weighted by Crippen LogP contribution is 2.13. The van der Waals surface area contributed by atoms with Crippen LogP contribution in [0.25, 0.3) is 0 Å². The van der Waals surface area contributed by atoms with Gasteiger partial charge in [0.1, 0.15) is 0 Å².